The molecule has 9 heteroatoms. The molecule has 0 radical (unpaired) electrons. The molecule has 0 aromatic heterocycles. The number of hydrogen-bond acceptors (Lipinski definition) is 5. The van der Waals surface area contributed by atoms with Crippen LogP contribution in [0.4, 0.5) is 8.78 Å². The monoisotopic (exact) mass is 576 g/mol. The van der Waals surface area contributed by atoms with E-state index < -0.39 is 17.2 Å². The van der Waals surface area contributed by atoms with E-state index >= 15 is 0 Å². The topological polar surface area (TPSA) is 54.3 Å². The van der Waals surface area contributed by atoms with E-state index in [9.17, 15) is 13.9 Å². The molecule has 1 unspecified atom stereocenters. The zero-order valence-corrected chi connectivity index (χ0v) is 23.3. The zero-order chi connectivity index (χ0) is 27.8. The molecule has 0 saturated carbocycles. The third-order valence-electron chi connectivity index (χ3n) is 7.13. The van der Waals surface area contributed by atoms with Gasteiger partial charge in [-0.05, 0) is 66.8 Å². The number of ether oxygens (including phenoxy) is 1. The highest BCUT2D eigenvalue weighted by molar-refractivity contribution is 6.42. The van der Waals surface area contributed by atoms with Crippen LogP contribution < -0.4 is 0 Å². The van der Waals surface area contributed by atoms with E-state index in [4.69, 9.17) is 32.8 Å². The van der Waals surface area contributed by atoms with Gasteiger partial charge < -0.3 is 19.6 Å². The Morgan fingerprint density at radius 1 is 1.00 bits per heavy atom. The van der Waals surface area contributed by atoms with Crippen molar-refractivity contribution in [2.45, 2.75) is 37.4 Å². The van der Waals surface area contributed by atoms with Crippen LogP contribution in [-0.2, 0) is 21.8 Å². The van der Waals surface area contributed by atoms with Gasteiger partial charge in [-0.2, -0.15) is 0 Å². The lowest BCUT2D eigenvalue weighted by atomic mass is 9.84. The summed E-state index contributed by atoms with van der Waals surface area (Å²) in [6.07, 6.45) is 1.96. The van der Waals surface area contributed by atoms with Gasteiger partial charge in [-0.15, -0.1) is 0 Å². The van der Waals surface area contributed by atoms with Crippen molar-refractivity contribution in [3.05, 3.63) is 105 Å². The number of rotatable bonds is 11. The summed E-state index contributed by atoms with van der Waals surface area (Å²) in [6, 6.07) is 18.5. The highest BCUT2D eigenvalue weighted by Gasteiger charge is 2.34. The number of nitrogens with zero attached hydrogens (tertiary/aromatic N) is 2. The van der Waals surface area contributed by atoms with Gasteiger partial charge in [0, 0.05) is 25.1 Å². The number of hydrogen-bond donors (Lipinski definition) is 1. The first-order valence-corrected chi connectivity index (χ1v) is 13.6. The normalized spacial score (nSPS) is 16.7. The van der Waals surface area contributed by atoms with Crippen LogP contribution in [0.5, 0.6) is 0 Å². The maximum Gasteiger partial charge on any atom is 0.126 e. The van der Waals surface area contributed by atoms with Gasteiger partial charge in [-0.1, -0.05) is 64.8 Å². The molecule has 1 heterocycles. The van der Waals surface area contributed by atoms with E-state index in [1.54, 1.807) is 6.07 Å². The minimum Gasteiger partial charge on any atom is -0.399 e. The van der Waals surface area contributed by atoms with E-state index in [2.05, 4.69) is 10.1 Å². The maximum absolute atomic E-state index is 13.6. The Hall–Kier alpha value is -2.55. The van der Waals surface area contributed by atoms with Crippen LogP contribution >= 0.6 is 23.2 Å². The second kappa shape index (κ2) is 13.7. The molecule has 5 nitrogen and oxygen atoms in total. The summed E-state index contributed by atoms with van der Waals surface area (Å²) in [7, 11) is 1.46. The van der Waals surface area contributed by atoms with Crippen LogP contribution in [0.15, 0.2) is 71.9 Å². The Morgan fingerprint density at radius 3 is 2.33 bits per heavy atom. The molecule has 1 atom stereocenters. The Bertz CT molecular complexity index is 1250. The van der Waals surface area contributed by atoms with Crippen molar-refractivity contribution in [3.63, 3.8) is 0 Å². The number of halogens is 4. The number of oxime groups is 1. The fourth-order valence-corrected chi connectivity index (χ4v) is 5.33. The molecule has 0 amide bonds. The number of likely N-dealkylation sites (tertiary alicyclic amines) is 1. The summed E-state index contributed by atoms with van der Waals surface area (Å²) in [4.78, 5) is 7.47. The van der Waals surface area contributed by atoms with Crippen molar-refractivity contribution < 1.29 is 23.5 Å². The van der Waals surface area contributed by atoms with Crippen molar-refractivity contribution in [2.75, 3.05) is 33.4 Å². The lowest BCUT2D eigenvalue weighted by Gasteiger charge is -2.39. The largest absolute Gasteiger partial charge is 0.399 e. The van der Waals surface area contributed by atoms with Crippen LogP contribution in [0.2, 0.25) is 10.0 Å². The van der Waals surface area contributed by atoms with Crippen LogP contribution in [0.1, 0.15) is 41.9 Å². The second-order valence-electron chi connectivity index (χ2n) is 9.79. The van der Waals surface area contributed by atoms with E-state index in [1.807, 2.05) is 42.5 Å². The Kier molecular flexibility index (Phi) is 10.3. The molecule has 3 aromatic carbocycles. The van der Waals surface area contributed by atoms with Crippen LogP contribution in [-0.4, -0.2) is 49.1 Å². The zero-order valence-electron chi connectivity index (χ0n) is 21.8. The van der Waals surface area contributed by atoms with Gasteiger partial charge in [-0.25, -0.2) is 8.78 Å². The molecular weight excluding hydrogens is 545 g/mol. The Morgan fingerprint density at radius 2 is 1.69 bits per heavy atom. The Balaban J connectivity index is 1.45. The van der Waals surface area contributed by atoms with Gasteiger partial charge in [0.05, 0.1) is 34.6 Å². The van der Waals surface area contributed by atoms with Gasteiger partial charge in [0.2, 0.25) is 0 Å². The first-order valence-electron chi connectivity index (χ1n) is 12.9. The van der Waals surface area contributed by atoms with Crippen molar-refractivity contribution in [1.29, 1.82) is 0 Å². The summed E-state index contributed by atoms with van der Waals surface area (Å²) in [5.74, 6) is -1.53. The van der Waals surface area contributed by atoms with E-state index in [-0.39, 0.29) is 19.1 Å². The molecule has 1 aliphatic heterocycles. The molecule has 1 aliphatic rings. The first-order chi connectivity index (χ1) is 18.8. The molecule has 0 aliphatic carbocycles. The summed E-state index contributed by atoms with van der Waals surface area (Å²) in [6.45, 7) is 2.34. The predicted octanol–water partition coefficient (Wildman–Crippen LogP) is 6.95. The summed E-state index contributed by atoms with van der Waals surface area (Å²) < 4.78 is 33.0. The van der Waals surface area contributed by atoms with Gasteiger partial charge in [0.25, 0.3) is 0 Å². The molecule has 39 heavy (non-hydrogen) atoms. The molecule has 3 aromatic rings. The quantitative estimate of drug-likeness (QED) is 0.198. The van der Waals surface area contributed by atoms with E-state index in [1.165, 1.54) is 19.2 Å². The van der Waals surface area contributed by atoms with Crippen LogP contribution in [0, 0.1) is 11.6 Å². The molecule has 208 valence electrons. The van der Waals surface area contributed by atoms with Crippen molar-refractivity contribution in [1.82, 2.24) is 4.90 Å². The lowest BCUT2D eigenvalue weighted by molar-refractivity contribution is -0.0261. The molecule has 4 rings (SSSR count). The minimum atomic E-state index is -0.826. The third-order valence-corrected chi connectivity index (χ3v) is 7.87. The Labute approximate surface area is 237 Å². The fraction of sp³-hybridized carbons (Fsp3) is 0.367. The maximum atomic E-state index is 13.6. The van der Waals surface area contributed by atoms with Crippen molar-refractivity contribution >= 4 is 28.9 Å². The molecule has 1 fully saturated rings. The summed E-state index contributed by atoms with van der Waals surface area (Å²) in [5.41, 5.74) is 2.02. The van der Waals surface area contributed by atoms with Gasteiger partial charge in [0.15, 0.2) is 0 Å². The number of aliphatic hydroxyl groups is 1. The van der Waals surface area contributed by atoms with Gasteiger partial charge in [-0.3, -0.25) is 0 Å². The SMILES string of the molecule is CO/N=C(\COCc1cc(F)cc(F)c1)C(CCN1CCC(O)(c2ccccc2)CC1)c1ccc(Cl)c(Cl)c1. The standard InChI is InChI=1S/C30H32Cl2F2N2O3/c1-38-35-29(20-39-19-21-15-24(33)18-25(34)16-21)26(22-7-8-27(31)28(32)17-22)9-12-36-13-10-30(37,11-14-36)23-5-3-2-4-6-23/h2-8,15-18,26,37H,9-14,19-20H2,1H3/b35-29+. The average Bonchev–Trinajstić information content (AvgIpc) is 2.92. The molecule has 1 saturated heterocycles. The highest BCUT2D eigenvalue weighted by atomic mass is 35.5. The van der Waals surface area contributed by atoms with Gasteiger partial charge >= 0.3 is 0 Å². The van der Waals surface area contributed by atoms with E-state index in [0.717, 1.165) is 36.8 Å². The van der Waals surface area contributed by atoms with Gasteiger partial charge in [0.1, 0.15) is 18.7 Å². The lowest BCUT2D eigenvalue weighted by Crippen LogP contribution is -2.43. The molecular formula is C30H32Cl2F2N2O3. The molecule has 0 spiro atoms. The molecule has 1 N–H and O–H groups in total. The van der Waals surface area contributed by atoms with Crippen LogP contribution in [0.25, 0.3) is 0 Å². The predicted molar refractivity (Wildman–Crippen MR) is 150 cm³/mol. The number of benzene rings is 3. The summed E-state index contributed by atoms with van der Waals surface area (Å²) >= 11 is 12.5. The second-order valence-corrected chi connectivity index (χ2v) is 10.6. The summed E-state index contributed by atoms with van der Waals surface area (Å²) in [5, 5.41) is 16.3. The third kappa shape index (κ3) is 7.99. The minimum absolute atomic E-state index is 0.00962. The molecule has 0 bridgehead atoms. The fourth-order valence-electron chi connectivity index (χ4n) is 5.03. The van der Waals surface area contributed by atoms with Crippen molar-refractivity contribution in [3.8, 4) is 0 Å². The highest BCUT2D eigenvalue weighted by Crippen LogP contribution is 2.34. The average molecular weight is 577 g/mol. The smallest absolute Gasteiger partial charge is 0.126 e. The van der Waals surface area contributed by atoms with E-state index in [0.29, 0.717) is 40.6 Å². The number of piperidine rings is 1. The first kappa shape index (κ1) is 29.4. The van der Waals surface area contributed by atoms with Crippen LogP contribution in [0.3, 0.4) is 0 Å². The van der Waals surface area contributed by atoms with Crippen molar-refractivity contribution in [2.24, 2.45) is 5.16 Å².